The maximum absolute atomic E-state index is 12.4. The zero-order valence-corrected chi connectivity index (χ0v) is 13.2. The van der Waals surface area contributed by atoms with E-state index in [4.69, 9.17) is 0 Å². The summed E-state index contributed by atoms with van der Waals surface area (Å²) in [6.45, 7) is 3.85. The number of carbonyl (C=O) groups is 1. The van der Waals surface area contributed by atoms with Crippen LogP contribution in [0.25, 0.3) is 10.9 Å². The Labute approximate surface area is 131 Å². The number of para-hydroxylation sites is 1. The van der Waals surface area contributed by atoms with Crippen LogP contribution in [0, 0.1) is 5.92 Å². The number of benzene rings is 1. The van der Waals surface area contributed by atoms with Gasteiger partial charge in [0.1, 0.15) is 0 Å². The lowest BCUT2D eigenvalue weighted by atomic mass is 10.00. The molecular weight excluding hydrogens is 274 g/mol. The van der Waals surface area contributed by atoms with Gasteiger partial charge in [-0.15, -0.1) is 0 Å². The second-order valence-corrected chi connectivity index (χ2v) is 6.16. The quantitative estimate of drug-likeness (QED) is 0.910. The van der Waals surface area contributed by atoms with Crippen molar-refractivity contribution in [2.45, 2.75) is 39.0 Å². The minimum absolute atomic E-state index is 0.0483. The molecule has 0 bridgehead atoms. The fourth-order valence-corrected chi connectivity index (χ4v) is 3.07. The Morgan fingerprint density at radius 1 is 1.18 bits per heavy atom. The van der Waals surface area contributed by atoms with Crippen molar-refractivity contribution in [2.75, 3.05) is 13.1 Å². The number of nitrogens with zero attached hydrogens (tertiary/aromatic N) is 1. The number of amides is 1. The minimum Gasteiger partial charge on any atom is -0.361 e. The van der Waals surface area contributed by atoms with E-state index in [9.17, 15) is 4.79 Å². The van der Waals surface area contributed by atoms with Gasteiger partial charge in [-0.05, 0) is 37.8 Å². The molecule has 0 unspecified atom stereocenters. The Hall–Kier alpha value is -1.81. The molecule has 1 aromatic heterocycles. The zero-order valence-electron chi connectivity index (χ0n) is 13.2. The number of hydrazine groups is 1. The maximum atomic E-state index is 12.4. The second kappa shape index (κ2) is 6.97. The first-order valence-corrected chi connectivity index (χ1v) is 8.17. The van der Waals surface area contributed by atoms with Crippen LogP contribution in [0.4, 0.5) is 0 Å². The van der Waals surface area contributed by atoms with Crippen LogP contribution in [0.15, 0.2) is 30.5 Å². The highest BCUT2D eigenvalue weighted by Gasteiger charge is 2.19. The molecule has 1 radical (unpaired) electrons. The van der Waals surface area contributed by atoms with Crippen LogP contribution in [0.3, 0.4) is 0 Å². The molecule has 4 nitrogen and oxygen atoms in total. The summed E-state index contributed by atoms with van der Waals surface area (Å²) in [5.74, 6) is 0.904. The van der Waals surface area contributed by atoms with E-state index < -0.39 is 0 Å². The summed E-state index contributed by atoms with van der Waals surface area (Å²) >= 11 is 0. The topological polar surface area (TPSA) is 48.1 Å². The van der Waals surface area contributed by atoms with Gasteiger partial charge in [0, 0.05) is 30.2 Å². The Kier molecular flexibility index (Phi) is 4.78. The number of nitrogens with one attached hydrogen (secondary N) is 2. The van der Waals surface area contributed by atoms with E-state index in [1.165, 1.54) is 36.6 Å². The van der Waals surface area contributed by atoms with Gasteiger partial charge in [-0.25, -0.2) is 5.01 Å². The average Bonchev–Trinajstić information content (AvgIpc) is 2.75. The monoisotopic (exact) mass is 298 g/mol. The second-order valence-electron chi connectivity index (χ2n) is 6.16. The molecule has 117 valence electrons. The molecule has 0 saturated carbocycles. The third-order valence-corrected chi connectivity index (χ3v) is 4.38. The van der Waals surface area contributed by atoms with Gasteiger partial charge in [-0.2, -0.15) is 0 Å². The van der Waals surface area contributed by atoms with Crippen molar-refractivity contribution in [3.8, 4) is 0 Å². The Morgan fingerprint density at radius 3 is 2.68 bits per heavy atom. The molecule has 0 aliphatic carbocycles. The number of aromatic amines is 1. The van der Waals surface area contributed by atoms with Gasteiger partial charge in [-0.3, -0.25) is 10.2 Å². The summed E-state index contributed by atoms with van der Waals surface area (Å²) in [6.07, 6.45) is 7.56. The van der Waals surface area contributed by atoms with E-state index in [-0.39, 0.29) is 5.91 Å². The summed E-state index contributed by atoms with van der Waals surface area (Å²) in [5, 5.41) is 3.28. The number of aromatic nitrogens is 1. The molecule has 0 spiro atoms. The van der Waals surface area contributed by atoms with Crippen LogP contribution >= 0.6 is 0 Å². The molecule has 0 atom stereocenters. The highest BCUT2D eigenvalue weighted by atomic mass is 16.2. The summed E-state index contributed by atoms with van der Waals surface area (Å²) in [5.41, 5.74) is 5.37. The lowest BCUT2D eigenvalue weighted by Crippen LogP contribution is -2.44. The molecular formula is C18H24N3O. The molecule has 22 heavy (non-hydrogen) atoms. The normalized spacial score (nSPS) is 16.8. The summed E-state index contributed by atoms with van der Waals surface area (Å²) in [6, 6.07) is 8.21. The first-order valence-electron chi connectivity index (χ1n) is 8.17. The van der Waals surface area contributed by atoms with Crippen molar-refractivity contribution in [1.29, 1.82) is 0 Å². The lowest BCUT2D eigenvalue weighted by Gasteiger charge is -2.22. The van der Waals surface area contributed by atoms with Crippen molar-refractivity contribution in [3.63, 3.8) is 0 Å². The third kappa shape index (κ3) is 3.50. The molecule has 3 rings (SSSR count). The zero-order chi connectivity index (χ0) is 15.4. The molecule has 1 amide bonds. The number of H-pyrrole nitrogens is 1. The smallest absolute Gasteiger partial charge is 0.241 e. The first-order chi connectivity index (χ1) is 10.7. The molecule has 1 fully saturated rings. The number of fused-ring (bicyclic) bond motifs is 1. The van der Waals surface area contributed by atoms with Crippen molar-refractivity contribution >= 4 is 16.8 Å². The molecule has 2 aromatic rings. The number of rotatable bonds is 4. The van der Waals surface area contributed by atoms with E-state index in [0.29, 0.717) is 6.42 Å². The van der Waals surface area contributed by atoms with Crippen LogP contribution in [-0.4, -0.2) is 29.0 Å². The fraction of sp³-hybridized carbons (Fsp3) is 0.444. The summed E-state index contributed by atoms with van der Waals surface area (Å²) in [4.78, 5) is 15.7. The van der Waals surface area contributed by atoms with Gasteiger partial charge < -0.3 is 4.98 Å². The minimum atomic E-state index is 0.0483. The van der Waals surface area contributed by atoms with E-state index in [1.54, 1.807) is 0 Å². The predicted octanol–water partition coefficient (Wildman–Crippen LogP) is 3.21. The molecule has 2 heterocycles. The van der Waals surface area contributed by atoms with E-state index >= 15 is 0 Å². The van der Waals surface area contributed by atoms with Gasteiger partial charge >= 0.3 is 0 Å². The first kappa shape index (κ1) is 15.1. The van der Waals surface area contributed by atoms with Gasteiger partial charge in [-0.1, -0.05) is 31.0 Å². The Morgan fingerprint density at radius 2 is 1.91 bits per heavy atom. The standard InChI is InChI=1S/C18H24N3O/c1-14(18(22)20-21-10-6-2-3-7-11-21)12-15-13-19-17-9-5-4-8-16(15)17/h4-5,8-9,13,19H,2-3,6-7,10-12H2,1H3,(H,20,22). The Bertz CT molecular complexity index is 626. The van der Waals surface area contributed by atoms with E-state index in [0.717, 1.165) is 24.5 Å². The average molecular weight is 298 g/mol. The van der Waals surface area contributed by atoms with E-state index in [1.807, 2.05) is 25.3 Å². The van der Waals surface area contributed by atoms with Crippen LogP contribution in [-0.2, 0) is 11.2 Å². The van der Waals surface area contributed by atoms with E-state index in [2.05, 4.69) is 27.6 Å². The lowest BCUT2D eigenvalue weighted by molar-refractivity contribution is -0.124. The summed E-state index contributed by atoms with van der Waals surface area (Å²) < 4.78 is 0. The summed E-state index contributed by atoms with van der Waals surface area (Å²) in [7, 11) is 0. The van der Waals surface area contributed by atoms with Crippen LogP contribution < -0.4 is 5.43 Å². The highest BCUT2D eigenvalue weighted by molar-refractivity contribution is 5.91. The largest absolute Gasteiger partial charge is 0.361 e. The number of hydrogen-bond acceptors (Lipinski definition) is 2. The van der Waals surface area contributed by atoms with Gasteiger partial charge in [0.25, 0.3) is 0 Å². The Balaban J connectivity index is 1.61. The molecule has 1 aliphatic rings. The number of carbonyl (C=O) groups excluding carboxylic acids is 1. The van der Waals surface area contributed by atoms with Crippen LogP contribution in [0.1, 0.15) is 38.2 Å². The molecule has 1 aliphatic heterocycles. The maximum Gasteiger partial charge on any atom is 0.241 e. The molecule has 2 N–H and O–H groups in total. The fourth-order valence-electron chi connectivity index (χ4n) is 3.07. The van der Waals surface area contributed by atoms with Gasteiger partial charge in [0.15, 0.2) is 0 Å². The van der Waals surface area contributed by atoms with Crippen LogP contribution in [0.2, 0.25) is 0 Å². The SMILES string of the molecule is C[C](Cc1c[nH]c2ccccc12)C(=O)NN1CCCCCC1. The van der Waals surface area contributed by atoms with Crippen molar-refractivity contribution in [3.05, 3.63) is 41.9 Å². The molecule has 1 saturated heterocycles. The number of hydrogen-bond donors (Lipinski definition) is 2. The van der Waals surface area contributed by atoms with Crippen molar-refractivity contribution < 1.29 is 4.79 Å². The molecule has 4 heteroatoms. The third-order valence-electron chi connectivity index (χ3n) is 4.38. The highest BCUT2D eigenvalue weighted by Crippen LogP contribution is 2.21. The molecule has 1 aromatic carbocycles. The van der Waals surface area contributed by atoms with Crippen LogP contribution in [0.5, 0.6) is 0 Å². The predicted molar refractivity (Wildman–Crippen MR) is 89.1 cm³/mol. The van der Waals surface area contributed by atoms with Crippen molar-refractivity contribution in [1.82, 2.24) is 15.4 Å². The van der Waals surface area contributed by atoms with Crippen molar-refractivity contribution in [2.24, 2.45) is 0 Å². The van der Waals surface area contributed by atoms with Gasteiger partial charge in [0.2, 0.25) is 5.91 Å². The van der Waals surface area contributed by atoms with Gasteiger partial charge in [0.05, 0.1) is 5.92 Å².